The highest BCUT2D eigenvalue weighted by Crippen LogP contribution is 2.34. The van der Waals surface area contributed by atoms with E-state index in [9.17, 15) is 4.79 Å². The Balaban J connectivity index is 1.22. The number of thiophene rings is 1. The summed E-state index contributed by atoms with van der Waals surface area (Å²) in [5.41, 5.74) is 0. The van der Waals surface area contributed by atoms with Gasteiger partial charge in [-0.15, -0.1) is 11.3 Å². The van der Waals surface area contributed by atoms with Crippen LogP contribution in [0.15, 0.2) is 18.5 Å². The number of carbonyl (C=O) groups excluding carboxylic acids is 1. The van der Waals surface area contributed by atoms with Crippen LogP contribution in [0, 0.1) is 0 Å². The van der Waals surface area contributed by atoms with Gasteiger partial charge >= 0.3 is 0 Å². The molecule has 0 unspecified atom stereocenters. The molecule has 1 saturated heterocycles. The van der Waals surface area contributed by atoms with Crippen molar-refractivity contribution in [3.63, 3.8) is 0 Å². The van der Waals surface area contributed by atoms with Gasteiger partial charge in [-0.25, -0.2) is 0 Å². The van der Waals surface area contributed by atoms with Crippen LogP contribution in [-0.4, -0.2) is 52.5 Å². The molecule has 1 aliphatic heterocycles. The Labute approximate surface area is 166 Å². The van der Waals surface area contributed by atoms with Gasteiger partial charge in [-0.05, 0) is 31.7 Å². The van der Waals surface area contributed by atoms with Crippen molar-refractivity contribution >= 4 is 27.3 Å². The molecule has 2 aromatic rings. The maximum absolute atomic E-state index is 13.0. The van der Waals surface area contributed by atoms with Crippen molar-refractivity contribution in [3.8, 4) is 0 Å². The minimum Gasteiger partial charge on any atom is -0.349 e. The average molecular weight is 386 g/mol. The molecule has 2 aromatic heterocycles. The van der Waals surface area contributed by atoms with Gasteiger partial charge in [-0.3, -0.25) is 9.69 Å². The molecule has 0 radical (unpaired) electrons. The van der Waals surface area contributed by atoms with E-state index in [2.05, 4.69) is 32.8 Å². The van der Waals surface area contributed by atoms with E-state index in [1.54, 1.807) is 11.3 Å². The number of nitrogens with zero attached hydrogens (tertiary/aromatic N) is 3. The summed E-state index contributed by atoms with van der Waals surface area (Å²) in [6.07, 6.45) is 16.7. The zero-order valence-corrected chi connectivity index (χ0v) is 17.1. The first-order valence-corrected chi connectivity index (χ1v) is 11.7. The fourth-order valence-corrected chi connectivity index (χ4v) is 6.41. The Hall–Kier alpha value is -1.33. The van der Waals surface area contributed by atoms with Crippen molar-refractivity contribution in [2.24, 2.45) is 0 Å². The molecule has 146 valence electrons. The van der Waals surface area contributed by atoms with Gasteiger partial charge in [-0.1, -0.05) is 32.1 Å². The van der Waals surface area contributed by atoms with E-state index in [0.29, 0.717) is 6.04 Å². The number of aromatic nitrogens is 1. The molecule has 0 aromatic carbocycles. The fourth-order valence-electron chi connectivity index (χ4n) is 5.37. The minimum absolute atomic E-state index is 0.243. The Morgan fingerprint density at radius 3 is 2.22 bits per heavy atom. The number of carbonyl (C=O) groups is 1. The van der Waals surface area contributed by atoms with Crippen molar-refractivity contribution in [2.75, 3.05) is 26.2 Å². The predicted octanol–water partition coefficient (Wildman–Crippen LogP) is 4.91. The molecule has 2 aliphatic carbocycles. The molecule has 0 atom stereocenters. The molecule has 2 saturated carbocycles. The van der Waals surface area contributed by atoms with Crippen LogP contribution in [-0.2, 0) is 0 Å². The van der Waals surface area contributed by atoms with Crippen LogP contribution in [0.1, 0.15) is 73.5 Å². The summed E-state index contributed by atoms with van der Waals surface area (Å²) in [7, 11) is 0. The molecule has 0 bridgehead atoms. The molecule has 5 heteroatoms. The summed E-state index contributed by atoms with van der Waals surface area (Å²) >= 11 is 1.68. The Morgan fingerprint density at radius 1 is 0.852 bits per heavy atom. The second kappa shape index (κ2) is 7.59. The maximum Gasteiger partial charge on any atom is 0.264 e. The third kappa shape index (κ3) is 3.56. The Kier molecular flexibility index (Phi) is 4.99. The summed E-state index contributed by atoms with van der Waals surface area (Å²) in [5, 5.41) is 1.25. The van der Waals surface area contributed by atoms with Gasteiger partial charge in [0.2, 0.25) is 0 Å². The molecular formula is C22H31N3OS. The molecule has 27 heavy (non-hydrogen) atoms. The van der Waals surface area contributed by atoms with Crippen molar-refractivity contribution in [1.82, 2.24) is 14.4 Å². The van der Waals surface area contributed by atoms with Gasteiger partial charge in [0.05, 0.1) is 9.58 Å². The van der Waals surface area contributed by atoms with Gasteiger partial charge in [0.25, 0.3) is 5.91 Å². The van der Waals surface area contributed by atoms with E-state index in [-0.39, 0.29) is 5.91 Å². The lowest BCUT2D eigenvalue weighted by molar-refractivity contribution is 0.0527. The number of rotatable bonds is 3. The molecule has 3 aliphatic rings. The fraction of sp³-hybridized carbons (Fsp3) is 0.682. The zero-order chi connectivity index (χ0) is 18.2. The number of hydrogen-bond donors (Lipinski definition) is 0. The van der Waals surface area contributed by atoms with Gasteiger partial charge in [-0.2, -0.15) is 0 Å². The van der Waals surface area contributed by atoms with E-state index in [1.807, 2.05) is 0 Å². The largest absolute Gasteiger partial charge is 0.349 e. The topological polar surface area (TPSA) is 28.5 Å². The zero-order valence-electron chi connectivity index (χ0n) is 16.2. The van der Waals surface area contributed by atoms with Crippen LogP contribution in [0.5, 0.6) is 0 Å². The molecule has 1 amide bonds. The third-order valence-corrected chi connectivity index (χ3v) is 8.07. The minimum atomic E-state index is 0.243. The van der Waals surface area contributed by atoms with E-state index in [1.165, 1.54) is 67.9 Å². The van der Waals surface area contributed by atoms with E-state index in [0.717, 1.165) is 37.1 Å². The number of fused-ring (bicyclic) bond motifs is 1. The molecule has 4 nitrogen and oxygen atoms in total. The SMILES string of the molecule is O=C(c1cc2cn(C3CCCC3)cc2s1)N1CCN(C2CCCCC2)CC1. The van der Waals surface area contributed by atoms with Gasteiger partial charge in [0, 0.05) is 56.0 Å². The Bertz CT molecular complexity index is 758. The predicted molar refractivity (Wildman–Crippen MR) is 112 cm³/mol. The van der Waals surface area contributed by atoms with Crippen molar-refractivity contribution in [3.05, 3.63) is 23.3 Å². The second-order valence-electron chi connectivity index (χ2n) is 8.69. The van der Waals surface area contributed by atoms with E-state index >= 15 is 0 Å². The molecular weight excluding hydrogens is 354 g/mol. The van der Waals surface area contributed by atoms with E-state index < -0.39 is 0 Å². The Morgan fingerprint density at radius 2 is 1.52 bits per heavy atom. The highest BCUT2D eigenvalue weighted by Gasteiger charge is 2.28. The van der Waals surface area contributed by atoms with Gasteiger partial charge < -0.3 is 9.47 Å². The normalized spacial score (nSPS) is 23.5. The first kappa shape index (κ1) is 17.7. The van der Waals surface area contributed by atoms with E-state index in [4.69, 9.17) is 0 Å². The summed E-state index contributed by atoms with van der Waals surface area (Å²) in [4.78, 5) is 18.6. The summed E-state index contributed by atoms with van der Waals surface area (Å²) in [6, 6.07) is 3.57. The molecule has 5 rings (SSSR count). The van der Waals surface area contributed by atoms with Gasteiger partial charge in [0.15, 0.2) is 0 Å². The monoisotopic (exact) mass is 385 g/mol. The van der Waals surface area contributed by atoms with Crippen LogP contribution in [0.3, 0.4) is 0 Å². The number of piperazine rings is 1. The lowest BCUT2D eigenvalue weighted by Gasteiger charge is -2.40. The first-order valence-electron chi connectivity index (χ1n) is 10.9. The maximum atomic E-state index is 13.0. The number of amides is 1. The molecule has 3 fully saturated rings. The standard InChI is InChI=1S/C22H31N3OS/c26-22(24-12-10-23(11-13-24)18-6-2-1-3-7-18)20-14-17-15-25(16-21(17)27-20)19-8-4-5-9-19/h14-16,18-19H,1-13H2. The van der Waals surface area contributed by atoms with Crippen LogP contribution >= 0.6 is 11.3 Å². The summed E-state index contributed by atoms with van der Waals surface area (Å²) in [6.45, 7) is 3.88. The molecule has 0 spiro atoms. The van der Waals surface area contributed by atoms with Crippen LogP contribution < -0.4 is 0 Å². The highest BCUT2D eigenvalue weighted by atomic mass is 32.1. The van der Waals surface area contributed by atoms with Crippen LogP contribution in [0.2, 0.25) is 0 Å². The lowest BCUT2D eigenvalue weighted by Crippen LogP contribution is -2.52. The highest BCUT2D eigenvalue weighted by molar-refractivity contribution is 7.20. The third-order valence-electron chi connectivity index (χ3n) is 7.00. The van der Waals surface area contributed by atoms with Crippen molar-refractivity contribution in [1.29, 1.82) is 0 Å². The number of hydrogen-bond acceptors (Lipinski definition) is 3. The van der Waals surface area contributed by atoms with Crippen LogP contribution in [0.4, 0.5) is 0 Å². The average Bonchev–Trinajstić information content (AvgIpc) is 3.44. The smallest absolute Gasteiger partial charge is 0.264 e. The first-order chi connectivity index (χ1) is 13.3. The van der Waals surface area contributed by atoms with Gasteiger partial charge in [0.1, 0.15) is 0 Å². The quantitative estimate of drug-likeness (QED) is 0.751. The summed E-state index contributed by atoms with van der Waals surface area (Å²) in [5.74, 6) is 0.243. The second-order valence-corrected chi connectivity index (χ2v) is 9.78. The van der Waals surface area contributed by atoms with Crippen molar-refractivity contribution < 1.29 is 4.79 Å². The molecule has 0 N–H and O–H groups in total. The lowest BCUT2D eigenvalue weighted by atomic mass is 9.94. The summed E-state index contributed by atoms with van der Waals surface area (Å²) < 4.78 is 3.66. The van der Waals surface area contributed by atoms with Crippen LogP contribution in [0.25, 0.3) is 10.1 Å². The van der Waals surface area contributed by atoms with Crippen molar-refractivity contribution in [2.45, 2.75) is 69.9 Å². The molecule has 3 heterocycles.